The molecule has 5 rings (SSSR count). The molecule has 12 N–H and O–H groups in total. The van der Waals surface area contributed by atoms with Crippen LogP contribution in [0.2, 0.25) is 0 Å². The van der Waals surface area contributed by atoms with E-state index >= 15 is 0 Å². The van der Waals surface area contributed by atoms with Crippen LogP contribution in [0.5, 0.6) is 69.0 Å². The SMILES string of the molecule is CC(C)(C)OCCOCCOCCOc1cc(COc2cc(COC(=O)CN(CCN(CCN(CC(=O)O)CC(=O)O)CC(=O)O)CC(=O)O)cc(OCc3cc(OCCOCCOCCOC(C)(C)C)c(OCCOCCOC(=O)C(N)c4ccc(O)c(O)c4)c(OCCOCCOCCOC(C)(C)C)c3)c2)cc(OCCOCCOCCOC(C)(C)C)c1OCCOCCOC(=O)C(N)c1ccc(O)c(O)c1. The molecule has 45 nitrogen and oxygen atoms in total. The summed E-state index contributed by atoms with van der Waals surface area (Å²) >= 11 is 0. The van der Waals surface area contributed by atoms with Gasteiger partial charge < -0.3 is 171 Å². The molecule has 0 spiro atoms. The maximum atomic E-state index is 14.1. The van der Waals surface area contributed by atoms with E-state index in [-0.39, 0.29) is 283 Å². The number of aromatic hydroxyl groups is 4. The summed E-state index contributed by atoms with van der Waals surface area (Å²) in [4.78, 5) is 91.3. The van der Waals surface area contributed by atoms with Crippen molar-refractivity contribution in [3.8, 4) is 69.0 Å². The number of benzene rings is 5. The summed E-state index contributed by atoms with van der Waals surface area (Å²) in [6.07, 6.45) is 0. The minimum Gasteiger partial charge on any atom is -0.504 e. The topological polar surface area (TPSA) is 574 Å². The Morgan fingerprint density at radius 1 is 0.271 bits per heavy atom. The van der Waals surface area contributed by atoms with Crippen LogP contribution in [0.15, 0.2) is 78.9 Å². The molecule has 2 unspecified atom stereocenters. The fourth-order valence-electron chi connectivity index (χ4n) is 12.5. The van der Waals surface area contributed by atoms with Crippen LogP contribution in [-0.4, -0.2) is 390 Å². The molecule has 45 heteroatoms. The summed E-state index contributed by atoms with van der Waals surface area (Å²) in [6.45, 7) is 22.1. The lowest BCUT2D eigenvalue weighted by atomic mass is 10.1. The van der Waals surface area contributed by atoms with Gasteiger partial charge in [0.05, 0.1) is 214 Å². The first kappa shape index (κ1) is 124. The Morgan fingerprint density at radius 3 is 0.806 bits per heavy atom. The molecule has 0 heterocycles. The number of ether oxygens (including phenoxy) is 25. The van der Waals surface area contributed by atoms with Crippen LogP contribution >= 0.6 is 0 Å². The molecular formula is C99H151N5O40. The zero-order valence-corrected chi connectivity index (χ0v) is 84.9. The van der Waals surface area contributed by atoms with Crippen molar-refractivity contribution in [2.24, 2.45) is 11.5 Å². The molecule has 5 aromatic rings. The van der Waals surface area contributed by atoms with E-state index in [0.717, 1.165) is 17.0 Å². The van der Waals surface area contributed by atoms with E-state index in [0.29, 0.717) is 64.0 Å². The maximum absolute atomic E-state index is 14.1. The molecule has 0 bridgehead atoms. The lowest BCUT2D eigenvalue weighted by Crippen LogP contribution is -2.45. The number of phenols is 4. The fourth-order valence-corrected chi connectivity index (χ4v) is 12.5. The van der Waals surface area contributed by atoms with Crippen LogP contribution in [0.1, 0.15) is 123 Å². The van der Waals surface area contributed by atoms with Crippen LogP contribution < -0.4 is 49.4 Å². The molecule has 144 heavy (non-hydrogen) atoms. The summed E-state index contributed by atoms with van der Waals surface area (Å²) < 4.78 is 150. The Kier molecular flexibility index (Phi) is 58.9. The minimum absolute atomic E-state index is 0.0299. The van der Waals surface area contributed by atoms with Crippen LogP contribution in [-0.2, 0) is 134 Å². The third-order valence-corrected chi connectivity index (χ3v) is 19.2. The van der Waals surface area contributed by atoms with E-state index in [2.05, 4.69) is 0 Å². The lowest BCUT2D eigenvalue weighted by Gasteiger charge is -2.27. The van der Waals surface area contributed by atoms with Crippen LogP contribution in [0.4, 0.5) is 0 Å². The molecule has 0 amide bonds. The Morgan fingerprint density at radius 2 is 0.521 bits per heavy atom. The second-order valence-corrected chi connectivity index (χ2v) is 36.0. The van der Waals surface area contributed by atoms with Crippen molar-refractivity contribution in [3.05, 3.63) is 107 Å². The second kappa shape index (κ2) is 68.6. The van der Waals surface area contributed by atoms with Gasteiger partial charge in [-0.15, -0.1) is 0 Å². The average molecular weight is 2050 g/mol. The molecular weight excluding hydrogens is 1900 g/mol. The number of nitrogens with zero attached hydrogens (tertiary/aromatic N) is 3. The highest BCUT2D eigenvalue weighted by Gasteiger charge is 2.27. The number of esters is 3. The first-order valence-corrected chi connectivity index (χ1v) is 47.4. The predicted molar refractivity (Wildman–Crippen MR) is 517 cm³/mol. The van der Waals surface area contributed by atoms with Crippen LogP contribution in [0.25, 0.3) is 0 Å². The van der Waals surface area contributed by atoms with E-state index in [4.69, 9.17) is 130 Å². The molecule has 2 atom stereocenters. The van der Waals surface area contributed by atoms with Crippen molar-refractivity contribution in [2.45, 2.75) is 137 Å². The summed E-state index contributed by atoms with van der Waals surface area (Å²) in [6, 6.07) is 16.2. The van der Waals surface area contributed by atoms with Gasteiger partial charge in [0, 0.05) is 32.2 Å². The molecule has 0 aliphatic carbocycles. The summed E-state index contributed by atoms with van der Waals surface area (Å²) in [5.41, 5.74) is 12.3. The number of carboxylic acids is 4. The highest BCUT2D eigenvalue weighted by atomic mass is 16.6. The van der Waals surface area contributed by atoms with Gasteiger partial charge >= 0.3 is 41.8 Å². The maximum Gasteiger partial charge on any atom is 0.327 e. The van der Waals surface area contributed by atoms with Crippen LogP contribution in [0.3, 0.4) is 0 Å². The van der Waals surface area contributed by atoms with Crippen molar-refractivity contribution in [3.63, 3.8) is 0 Å². The van der Waals surface area contributed by atoms with Crippen molar-refractivity contribution in [1.29, 1.82) is 0 Å². The smallest absolute Gasteiger partial charge is 0.327 e. The molecule has 0 aliphatic heterocycles. The number of phenolic OH excluding ortho intramolecular Hbond substituents is 4. The van der Waals surface area contributed by atoms with Gasteiger partial charge in [0.1, 0.15) is 96.3 Å². The van der Waals surface area contributed by atoms with E-state index in [1.165, 1.54) is 34.1 Å². The molecule has 0 aromatic heterocycles. The van der Waals surface area contributed by atoms with Crippen molar-refractivity contribution in [1.82, 2.24) is 14.7 Å². The first-order chi connectivity index (χ1) is 68.5. The number of nitrogens with two attached hydrogens (primary N) is 2. The first-order valence-electron chi connectivity index (χ1n) is 47.4. The van der Waals surface area contributed by atoms with Gasteiger partial charge in [0.15, 0.2) is 46.0 Å². The Balaban J connectivity index is 1.57. The second-order valence-electron chi connectivity index (χ2n) is 36.0. The third-order valence-electron chi connectivity index (χ3n) is 19.2. The fraction of sp³-hybridized carbons (Fsp3) is 0.626. The van der Waals surface area contributed by atoms with E-state index in [1.807, 2.05) is 83.1 Å². The highest BCUT2D eigenvalue weighted by molar-refractivity contribution is 5.79. The largest absolute Gasteiger partial charge is 0.504 e. The number of rotatable bonds is 82. The number of hydrogen-bond donors (Lipinski definition) is 10. The van der Waals surface area contributed by atoms with Crippen molar-refractivity contribution in [2.75, 3.05) is 270 Å². The van der Waals surface area contributed by atoms with Gasteiger partial charge in [-0.3, -0.25) is 38.7 Å². The molecule has 0 radical (unpaired) electrons. The number of carbonyl (C=O) groups is 7. The average Bonchev–Trinajstić information content (AvgIpc) is 0.818. The summed E-state index contributed by atoms with van der Waals surface area (Å²) in [5.74, 6) is -8.45. The quantitative estimate of drug-likeness (QED) is 0.00800. The van der Waals surface area contributed by atoms with Crippen molar-refractivity contribution >= 4 is 41.8 Å². The van der Waals surface area contributed by atoms with Gasteiger partial charge in [0.25, 0.3) is 0 Å². The number of hydrogen-bond acceptors (Lipinski definition) is 41. The van der Waals surface area contributed by atoms with Gasteiger partial charge in [-0.05, 0) is 172 Å². The lowest BCUT2D eigenvalue weighted by molar-refractivity contribution is -0.148. The summed E-state index contributed by atoms with van der Waals surface area (Å²) in [7, 11) is 0. The van der Waals surface area contributed by atoms with Gasteiger partial charge in [-0.1, -0.05) is 12.1 Å². The standard InChI is InChI=1S/C99H151N5O40/c1-96(2,3)141-49-37-124-25-21-120-29-41-130-81-55-71(56-82(131-42-30-121-22-26-125-38-50-142-97(4,5)6)92(81)134-45-33-128-35-47-136-94(118)90(100)73-13-15-77(105)79(107)59-73)67-138-75-53-70(69-140-89(117)66-104(65-88(115)116)20-18-102(62-85(109)110)17-19-103(63-86(111)112)64-87(113)114)54-76(61-75)139-68-72-57-83(132-43-31-122-23-27-126-39-51-143-98(7,8)9)93(84(58-72)133-44-32-123-24-28-127-40-52-144-99(10,11)12)135-46-34-129-36-48-137-95(119)91(101)74-14-16-78(106)80(108)60-74/h13-16,53-61,90-91,105-108H,17-52,62-69,100-101H2,1-12H3,(H,109,110)(H,111,112)(H,113,114)(H,115,116). The van der Waals surface area contributed by atoms with E-state index < -0.39 is 116 Å². The number of carbonyl (C=O) groups excluding carboxylic acids is 3. The Labute approximate surface area is 840 Å². The Hall–Kier alpha value is -10.8. The summed E-state index contributed by atoms with van der Waals surface area (Å²) in [5, 5.41) is 78.5. The van der Waals surface area contributed by atoms with Gasteiger partial charge in [0.2, 0.25) is 11.5 Å². The third kappa shape index (κ3) is 57.8. The molecule has 812 valence electrons. The molecule has 0 saturated heterocycles. The normalized spacial score (nSPS) is 12.3. The molecule has 5 aromatic carbocycles. The highest BCUT2D eigenvalue weighted by Crippen LogP contribution is 2.42. The molecule has 0 aliphatic rings. The van der Waals surface area contributed by atoms with E-state index in [1.54, 1.807) is 42.5 Å². The van der Waals surface area contributed by atoms with Gasteiger partial charge in [-0.2, -0.15) is 0 Å². The van der Waals surface area contributed by atoms with Gasteiger partial charge in [-0.25, -0.2) is 9.59 Å². The van der Waals surface area contributed by atoms with E-state index in [9.17, 15) is 74.4 Å². The number of carboxylic acid groups (broad SMARTS) is 4. The molecule has 0 saturated carbocycles. The molecule has 0 fully saturated rings. The zero-order valence-electron chi connectivity index (χ0n) is 84.9. The zero-order chi connectivity index (χ0) is 106. The Bertz CT molecular complexity index is 4190. The minimum atomic E-state index is -1.35. The van der Waals surface area contributed by atoms with Crippen molar-refractivity contribution < 1.29 is 193 Å². The predicted octanol–water partition coefficient (Wildman–Crippen LogP) is 7.14. The monoisotopic (exact) mass is 2050 g/mol. The number of aliphatic carboxylic acids is 4. The van der Waals surface area contributed by atoms with Crippen LogP contribution in [0, 0.1) is 0 Å².